The van der Waals surface area contributed by atoms with Gasteiger partial charge in [0.1, 0.15) is 11.4 Å². The first-order valence-corrected chi connectivity index (χ1v) is 5.18. The number of hydrogen-bond donors (Lipinski definition) is 2. The number of aliphatic imine (C=N–C) groups is 1. The van der Waals surface area contributed by atoms with Crippen molar-refractivity contribution >= 4 is 11.9 Å². The number of amidine groups is 1. The molecular weight excluding hydrogens is 192 g/mol. The van der Waals surface area contributed by atoms with Crippen LogP contribution >= 0.6 is 0 Å². The van der Waals surface area contributed by atoms with Crippen molar-refractivity contribution in [1.82, 2.24) is 10.2 Å². The van der Waals surface area contributed by atoms with E-state index < -0.39 is 5.54 Å². The molecule has 1 spiro atoms. The van der Waals surface area contributed by atoms with Crippen LogP contribution in [0.4, 0.5) is 4.79 Å². The predicted octanol–water partition coefficient (Wildman–Crippen LogP) is 0.0874. The summed E-state index contributed by atoms with van der Waals surface area (Å²) in [6.07, 6.45) is 3.61. The Kier molecular flexibility index (Phi) is 2.48. The minimum atomic E-state index is -0.399. The van der Waals surface area contributed by atoms with Crippen LogP contribution in [0.25, 0.3) is 0 Å². The first kappa shape index (κ1) is 10.2. The van der Waals surface area contributed by atoms with Gasteiger partial charge in [0.05, 0.1) is 0 Å². The van der Waals surface area contributed by atoms with Crippen LogP contribution in [-0.2, 0) is 0 Å². The summed E-state index contributed by atoms with van der Waals surface area (Å²) in [5.74, 6) is 0.446. The minimum Gasteiger partial charge on any atom is -0.385 e. The van der Waals surface area contributed by atoms with Crippen LogP contribution in [0.2, 0.25) is 0 Å². The van der Waals surface area contributed by atoms with Crippen LogP contribution < -0.4 is 11.1 Å². The highest BCUT2D eigenvalue weighted by molar-refractivity contribution is 6.06. The van der Waals surface area contributed by atoms with E-state index in [-0.39, 0.29) is 6.03 Å². The van der Waals surface area contributed by atoms with Crippen LogP contribution in [0, 0.1) is 0 Å². The molecule has 0 aromatic heterocycles. The smallest absolute Gasteiger partial charge is 0.346 e. The molecule has 2 amide bonds. The minimum absolute atomic E-state index is 0.240. The summed E-state index contributed by atoms with van der Waals surface area (Å²) in [6, 6.07) is -0.240. The zero-order valence-corrected chi connectivity index (χ0v) is 8.70. The van der Waals surface area contributed by atoms with Crippen molar-refractivity contribution in [2.75, 3.05) is 19.6 Å². The third-order valence-corrected chi connectivity index (χ3v) is 3.11. The summed E-state index contributed by atoms with van der Waals surface area (Å²) in [7, 11) is 0. The molecular formula is C10H16N4O. The first-order valence-electron chi connectivity index (χ1n) is 5.18. The standard InChI is InChI=1S/C10H16N4O/c1-2-6-14-9(15)13-8(11)10(14)4-3-5-12-7-10/h2,12H,1,3-7H2,(H2,11,13,15). The van der Waals surface area contributed by atoms with Crippen LogP contribution in [0.1, 0.15) is 12.8 Å². The quantitative estimate of drug-likeness (QED) is 0.632. The lowest BCUT2D eigenvalue weighted by molar-refractivity contribution is 0.161. The molecule has 82 valence electrons. The Labute approximate surface area is 89.0 Å². The number of rotatable bonds is 2. The normalized spacial score (nSPS) is 30.8. The molecule has 0 bridgehead atoms. The van der Waals surface area contributed by atoms with Gasteiger partial charge in [-0.25, -0.2) is 4.79 Å². The van der Waals surface area contributed by atoms with E-state index in [9.17, 15) is 4.79 Å². The number of piperidine rings is 1. The Bertz CT molecular complexity index is 317. The largest absolute Gasteiger partial charge is 0.385 e. The number of urea groups is 1. The van der Waals surface area contributed by atoms with E-state index in [1.54, 1.807) is 11.0 Å². The van der Waals surface area contributed by atoms with Gasteiger partial charge in [-0.05, 0) is 19.4 Å². The van der Waals surface area contributed by atoms with Gasteiger partial charge in [-0.15, -0.1) is 6.58 Å². The van der Waals surface area contributed by atoms with E-state index >= 15 is 0 Å². The predicted molar refractivity (Wildman–Crippen MR) is 58.8 cm³/mol. The highest BCUT2D eigenvalue weighted by Gasteiger charge is 2.48. The van der Waals surface area contributed by atoms with Crippen molar-refractivity contribution < 1.29 is 4.79 Å². The fourth-order valence-corrected chi connectivity index (χ4v) is 2.31. The molecule has 2 aliphatic heterocycles. The average Bonchev–Trinajstić information content (AvgIpc) is 2.45. The molecule has 1 atom stereocenters. The average molecular weight is 208 g/mol. The van der Waals surface area contributed by atoms with Crippen molar-refractivity contribution in [3.8, 4) is 0 Å². The molecule has 5 nitrogen and oxygen atoms in total. The summed E-state index contributed by atoms with van der Waals surface area (Å²) < 4.78 is 0. The molecule has 1 unspecified atom stereocenters. The summed E-state index contributed by atoms with van der Waals surface area (Å²) >= 11 is 0. The summed E-state index contributed by atoms with van der Waals surface area (Å²) in [4.78, 5) is 17.2. The molecule has 1 saturated heterocycles. The lowest BCUT2D eigenvalue weighted by atomic mass is 9.88. The number of carbonyl (C=O) groups is 1. The molecule has 0 aromatic rings. The van der Waals surface area contributed by atoms with Gasteiger partial charge in [0, 0.05) is 13.1 Å². The zero-order chi connectivity index (χ0) is 10.9. The lowest BCUT2D eigenvalue weighted by Gasteiger charge is -2.40. The molecule has 0 saturated carbocycles. The Hall–Kier alpha value is -1.36. The van der Waals surface area contributed by atoms with Crippen molar-refractivity contribution in [3.05, 3.63) is 12.7 Å². The molecule has 0 aromatic carbocycles. The van der Waals surface area contributed by atoms with E-state index in [2.05, 4.69) is 16.9 Å². The van der Waals surface area contributed by atoms with E-state index in [1.165, 1.54) is 0 Å². The number of nitrogens with zero attached hydrogens (tertiary/aromatic N) is 2. The van der Waals surface area contributed by atoms with Gasteiger partial charge in [0.15, 0.2) is 0 Å². The monoisotopic (exact) mass is 208 g/mol. The Morgan fingerprint density at radius 3 is 3.13 bits per heavy atom. The fourth-order valence-electron chi connectivity index (χ4n) is 2.31. The Balaban J connectivity index is 2.29. The lowest BCUT2D eigenvalue weighted by Crippen LogP contribution is -2.62. The Morgan fingerprint density at radius 1 is 1.73 bits per heavy atom. The third-order valence-electron chi connectivity index (χ3n) is 3.11. The molecule has 2 aliphatic rings. The maximum Gasteiger partial charge on any atom is 0.346 e. The molecule has 1 fully saturated rings. The van der Waals surface area contributed by atoms with Crippen LogP contribution in [0.3, 0.4) is 0 Å². The second kappa shape index (κ2) is 3.66. The fraction of sp³-hybridized carbons (Fsp3) is 0.600. The molecule has 2 rings (SSSR count). The van der Waals surface area contributed by atoms with E-state index in [4.69, 9.17) is 5.73 Å². The van der Waals surface area contributed by atoms with Gasteiger partial charge < -0.3 is 16.0 Å². The number of carbonyl (C=O) groups excluding carboxylic acids is 1. The molecule has 3 N–H and O–H groups in total. The van der Waals surface area contributed by atoms with Gasteiger partial charge in [0.25, 0.3) is 0 Å². The highest BCUT2D eigenvalue weighted by Crippen LogP contribution is 2.29. The maximum absolute atomic E-state index is 11.6. The second-order valence-electron chi connectivity index (χ2n) is 3.99. The van der Waals surface area contributed by atoms with Crippen LogP contribution in [0.15, 0.2) is 17.6 Å². The van der Waals surface area contributed by atoms with E-state index in [0.29, 0.717) is 18.9 Å². The molecule has 15 heavy (non-hydrogen) atoms. The number of hydrogen-bond acceptors (Lipinski definition) is 3. The number of nitrogens with two attached hydrogens (primary N) is 1. The maximum atomic E-state index is 11.6. The SMILES string of the molecule is C=CCN1C(=O)N=C(N)C12CCCNC2. The van der Waals surface area contributed by atoms with Crippen molar-refractivity contribution in [1.29, 1.82) is 0 Å². The number of nitrogens with one attached hydrogen (secondary N) is 1. The second-order valence-corrected chi connectivity index (χ2v) is 3.99. The summed E-state index contributed by atoms with van der Waals surface area (Å²) in [6.45, 7) is 5.83. The molecule has 0 aliphatic carbocycles. The van der Waals surface area contributed by atoms with E-state index in [0.717, 1.165) is 19.4 Å². The molecule has 2 heterocycles. The summed E-state index contributed by atoms with van der Waals surface area (Å²) in [5, 5.41) is 3.27. The Morgan fingerprint density at radius 2 is 2.53 bits per heavy atom. The molecule has 5 heteroatoms. The van der Waals surface area contributed by atoms with Gasteiger partial charge >= 0.3 is 6.03 Å². The van der Waals surface area contributed by atoms with Gasteiger partial charge in [-0.3, -0.25) is 0 Å². The van der Waals surface area contributed by atoms with Gasteiger partial charge in [-0.2, -0.15) is 4.99 Å². The van der Waals surface area contributed by atoms with Gasteiger partial charge in [0.2, 0.25) is 0 Å². The summed E-state index contributed by atoms with van der Waals surface area (Å²) in [5.41, 5.74) is 5.47. The van der Waals surface area contributed by atoms with Gasteiger partial charge in [-0.1, -0.05) is 6.08 Å². The van der Waals surface area contributed by atoms with Crippen molar-refractivity contribution in [2.45, 2.75) is 18.4 Å². The van der Waals surface area contributed by atoms with Crippen molar-refractivity contribution in [3.63, 3.8) is 0 Å². The van der Waals surface area contributed by atoms with E-state index in [1.807, 2.05) is 0 Å². The van der Waals surface area contributed by atoms with Crippen molar-refractivity contribution in [2.24, 2.45) is 10.7 Å². The molecule has 0 radical (unpaired) electrons. The highest BCUT2D eigenvalue weighted by atomic mass is 16.2. The number of amides is 2. The third kappa shape index (κ3) is 1.43. The van der Waals surface area contributed by atoms with Crippen LogP contribution in [-0.4, -0.2) is 41.9 Å². The first-order chi connectivity index (χ1) is 7.20. The topological polar surface area (TPSA) is 70.7 Å². The van der Waals surface area contributed by atoms with Crippen LogP contribution in [0.5, 0.6) is 0 Å². The zero-order valence-electron chi connectivity index (χ0n) is 8.70.